The molecule has 3 nitrogen and oxygen atoms in total. The number of amides is 1. The molecule has 15 heavy (non-hydrogen) atoms. The highest BCUT2D eigenvalue weighted by atomic mass is 16.3. The first-order valence-corrected chi connectivity index (χ1v) is 6.15. The van der Waals surface area contributed by atoms with Crippen LogP contribution in [0.4, 0.5) is 0 Å². The summed E-state index contributed by atoms with van der Waals surface area (Å²) in [5.41, 5.74) is 0. The number of hydrogen-bond acceptors (Lipinski definition) is 2. The van der Waals surface area contributed by atoms with Gasteiger partial charge in [-0.2, -0.15) is 0 Å². The minimum absolute atomic E-state index is 0.120. The van der Waals surface area contributed by atoms with Crippen LogP contribution in [0.2, 0.25) is 0 Å². The fraction of sp³-hybridized carbons (Fsp3) is 0.917. The molecule has 0 fully saturated rings. The van der Waals surface area contributed by atoms with Crippen molar-refractivity contribution in [2.75, 3.05) is 6.54 Å². The maximum Gasteiger partial charge on any atom is 0.219 e. The lowest BCUT2D eigenvalue weighted by Crippen LogP contribution is -2.26. The lowest BCUT2D eigenvalue weighted by atomic mass is 10.1. The second kappa shape index (κ2) is 9.97. The van der Waals surface area contributed by atoms with Gasteiger partial charge in [-0.3, -0.25) is 4.79 Å². The zero-order chi connectivity index (χ0) is 11.5. The summed E-state index contributed by atoms with van der Waals surface area (Å²) in [5, 5.41) is 12.1. The SMILES string of the molecule is CCCCCCC(=O)NCCC(O)CC. The Labute approximate surface area is 93.3 Å². The first-order valence-electron chi connectivity index (χ1n) is 6.15. The van der Waals surface area contributed by atoms with Crippen molar-refractivity contribution in [1.29, 1.82) is 0 Å². The molecule has 0 rings (SSSR count). The van der Waals surface area contributed by atoms with Crippen LogP contribution in [-0.2, 0) is 4.79 Å². The minimum atomic E-state index is -0.273. The molecule has 1 amide bonds. The lowest BCUT2D eigenvalue weighted by molar-refractivity contribution is -0.121. The van der Waals surface area contributed by atoms with Crippen LogP contribution in [0.1, 0.15) is 58.8 Å². The number of carbonyl (C=O) groups excluding carboxylic acids is 1. The third-order valence-corrected chi connectivity index (χ3v) is 2.53. The van der Waals surface area contributed by atoms with Gasteiger partial charge in [0.1, 0.15) is 0 Å². The van der Waals surface area contributed by atoms with E-state index in [2.05, 4.69) is 12.2 Å². The van der Waals surface area contributed by atoms with Gasteiger partial charge >= 0.3 is 0 Å². The van der Waals surface area contributed by atoms with Crippen molar-refractivity contribution in [3.8, 4) is 0 Å². The average molecular weight is 215 g/mol. The van der Waals surface area contributed by atoms with E-state index in [9.17, 15) is 9.90 Å². The number of unbranched alkanes of at least 4 members (excludes halogenated alkanes) is 3. The van der Waals surface area contributed by atoms with Gasteiger partial charge in [0, 0.05) is 13.0 Å². The quantitative estimate of drug-likeness (QED) is 0.579. The van der Waals surface area contributed by atoms with Gasteiger partial charge in [-0.05, 0) is 19.3 Å². The molecule has 0 radical (unpaired) electrons. The maximum absolute atomic E-state index is 11.3. The summed E-state index contributed by atoms with van der Waals surface area (Å²) in [7, 11) is 0. The zero-order valence-electron chi connectivity index (χ0n) is 10.1. The standard InChI is InChI=1S/C12H25NO2/c1-3-5-6-7-8-12(15)13-10-9-11(14)4-2/h11,14H,3-10H2,1-2H3,(H,13,15). The number of aliphatic hydroxyl groups excluding tert-OH is 1. The molecule has 90 valence electrons. The molecule has 1 atom stereocenters. The van der Waals surface area contributed by atoms with Gasteiger partial charge in [0.15, 0.2) is 0 Å². The van der Waals surface area contributed by atoms with Gasteiger partial charge in [0.2, 0.25) is 5.91 Å². The van der Waals surface area contributed by atoms with Gasteiger partial charge in [-0.25, -0.2) is 0 Å². The summed E-state index contributed by atoms with van der Waals surface area (Å²) in [5.74, 6) is 0.120. The number of aliphatic hydroxyl groups is 1. The van der Waals surface area contributed by atoms with Gasteiger partial charge < -0.3 is 10.4 Å². The van der Waals surface area contributed by atoms with Crippen LogP contribution in [0.15, 0.2) is 0 Å². The Kier molecular flexibility index (Phi) is 9.59. The molecule has 0 saturated carbocycles. The van der Waals surface area contributed by atoms with Crippen molar-refractivity contribution in [3.63, 3.8) is 0 Å². The fourth-order valence-electron chi connectivity index (χ4n) is 1.38. The van der Waals surface area contributed by atoms with E-state index in [1.807, 2.05) is 6.92 Å². The topological polar surface area (TPSA) is 49.3 Å². The molecule has 0 aliphatic carbocycles. The van der Waals surface area contributed by atoms with Crippen LogP contribution in [-0.4, -0.2) is 23.7 Å². The molecule has 3 heteroatoms. The van der Waals surface area contributed by atoms with Crippen molar-refractivity contribution in [1.82, 2.24) is 5.32 Å². The van der Waals surface area contributed by atoms with E-state index in [-0.39, 0.29) is 12.0 Å². The van der Waals surface area contributed by atoms with Gasteiger partial charge in [-0.1, -0.05) is 33.1 Å². The van der Waals surface area contributed by atoms with E-state index in [4.69, 9.17) is 0 Å². The van der Waals surface area contributed by atoms with Crippen molar-refractivity contribution < 1.29 is 9.90 Å². The first-order chi connectivity index (χ1) is 7.20. The Balaban J connectivity index is 3.26. The maximum atomic E-state index is 11.3. The van der Waals surface area contributed by atoms with E-state index in [0.29, 0.717) is 19.4 Å². The summed E-state index contributed by atoms with van der Waals surface area (Å²) < 4.78 is 0. The van der Waals surface area contributed by atoms with Crippen LogP contribution >= 0.6 is 0 Å². The number of nitrogens with one attached hydrogen (secondary N) is 1. The molecule has 0 heterocycles. The van der Waals surface area contributed by atoms with Crippen molar-refractivity contribution >= 4 is 5.91 Å². The molecule has 0 spiro atoms. The Bertz CT molecular complexity index is 160. The second-order valence-electron chi connectivity index (χ2n) is 4.01. The molecule has 1 unspecified atom stereocenters. The van der Waals surface area contributed by atoms with E-state index in [0.717, 1.165) is 19.3 Å². The van der Waals surface area contributed by atoms with Crippen molar-refractivity contribution in [2.24, 2.45) is 0 Å². The molecule has 0 aliphatic rings. The lowest BCUT2D eigenvalue weighted by Gasteiger charge is -2.08. The van der Waals surface area contributed by atoms with Crippen LogP contribution in [0.5, 0.6) is 0 Å². The van der Waals surface area contributed by atoms with Crippen molar-refractivity contribution in [2.45, 2.75) is 64.9 Å². The monoisotopic (exact) mass is 215 g/mol. The minimum Gasteiger partial charge on any atom is -0.393 e. The molecule has 0 aromatic carbocycles. The molecule has 0 saturated heterocycles. The number of carbonyl (C=O) groups is 1. The summed E-state index contributed by atoms with van der Waals surface area (Å²) in [6.45, 7) is 4.70. The molecule has 0 aromatic heterocycles. The predicted molar refractivity (Wildman–Crippen MR) is 62.7 cm³/mol. The molecule has 0 aromatic rings. The Hall–Kier alpha value is -0.570. The van der Waals surface area contributed by atoms with E-state index < -0.39 is 0 Å². The zero-order valence-corrected chi connectivity index (χ0v) is 10.1. The van der Waals surface area contributed by atoms with Gasteiger partial charge in [-0.15, -0.1) is 0 Å². The van der Waals surface area contributed by atoms with E-state index in [1.165, 1.54) is 12.8 Å². The second-order valence-corrected chi connectivity index (χ2v) is 4.01. The van der Waals surface area contributed by atoms with E-state index >= 15 is 0 Å². The van der Waals surface area contributed by atoms with Crippen LogP contribution in [0.3, 0.4) is 0 Å². The highest BCUT2D eigenvalue weighted by molar-refractivity contribution is 5.75. The number of rotatable bonds is 9. The Morgan fingerprint density at radius 3 is 2.60 bits per heavy atom. The molecule has 2 N–H and O–H groups in total. The predicted octanol–water partition coefficient (Wildman–Crippen LogP) is 2.23. The Morgan fingerprint density at radius 2 is 2.00 bits per heavy atom. The highest BCUT2D eigenvalue weighted by Crippen LogP contribution is 2.02. The summed E-state index contributed by atoms with van der Waals surface area (Å²) in [6, 6.07) is 0. The van der Waals surface area contributed by atoms with Crippen LogP contribution in [0.25, 0.3) is 0 Å². The molecule has 0 bridgehead atoms. The molecular weight excluding hydrogens is 190 g/mol. The third kappa shape index (κ3) is 9.73. The van der Waals surface area contributed by atoms with Crippen LogP contribution in [0, 0.1) is 0 Å². The normalized spacial score (nSPS) is 12.5. The van der Waals surface area contributed by atoms with Gasteiger partial charge in [0.25, 0.3) is 0 Å². The van der Waals surface area contributed by atoms with Crippen LogP contribution < -0.4 is 5.32 Å². The summed E-state index contributed by atoms with van der Waals surface area (Å²) in [6.07, 6.45) is 6.31. The summed E-state index contributed by atoms with van der Waals surface area (Å²) >= 11 is 0. The van der Waals surface area contributed by atoms with Gasteiger partial charge in [0.05, 0.1) is 6.10 Å². The Morgan fingerprint density at radius 1 is 1.27 bits per heavy atom. The summed E-state index contributed by atoms with van der Waals surface area (Å²) in [4.78, 5) is 11.3. The molecule has 0 aliphatic heterocycles. The number of hydrogen-bond donors (Lipinski definition) is 2. The van der Waals surface area contributed by atoms with E-state index in [1.54, 1.807) is 0 Å². The molecular formula is C12H25NO2. The first kappa shape index (κ1) is 14.4. The largest absolute Gasteiger partial charge is 0.393 e. The smallest absolute Gasteiger partial charge is 0.219 e. The van der Waals surface area contributed by atoms with Crippen molar-refractivity contribution in [3.05, 3.63) is 0 Å². The highest BCUT2D eigenvalue weighted by Gasteiger charge is 2.03. The third-order valence-electron chi connectivity index (χ3n) is 2.53. The fourth-order valence-corrected chi connectivity index (χ4v) is 1.38. The average Bonchev–Trinajstić information content (AvgIpc) is 2.24.